The summed E-state index contributed by atoms with van der Waals surface area (Å²) in [7, 11) is 0. The number of urea groups is 1. The van der Waals surface area contributed by atoms with Crippen molar-refractivity contribution in [2.24, 2.45) is 4.99 Å². The predicted molar refractivity (Wildman–Crippen MR) is 91.8 cm³/mol. The van der Waals surface area contributed by atoms with Crippen molar-refractivity contribution in [1.82, 2.24) is 4.90 Å². The first-order valence-corrected chi connectivity index (χ1v) is 8.28. The lowest BCUT2D eigenvalue weighted by Crippen LogP contribution is -2.42. The smallest absolute Gasteiger partial charge is 0.307 e. The number of amidine groups is 1. The number of anilines is 1. The second kappa shape index (κ2) is 6.90. The fourth-order valence-corrected chi connectivity index (χ4v) is 3.26. The molecule has 1 atom stereocenters. The monoisotopic (exact) mass is 345 g/mol. The summed E-state index contributed by atoms with van der Waals surface area (Å²) in [6, 6.07) is 4.81. The molecule has 2 rings (SSSR count). The molecule has 114 valence electrons. The maximum Gasteiger partial charge on any atom is 0.328 e. The number of amides is 2. The van der Waals surface area contributed by atoms with Gasteiger partial charge in [0.1, 0.15) is 0 Å². The Morgan fingerprint density at radius 1 is 1.43 bits per heavy atom. The SMILES string of the molecule is CC(C)N(C(=O)Nc1ccc(Cl)c(Cl)c1)C1=NC[C@@H](C)S1. The first kappa shape index (κ1) is 16.5. The summed E-state index contributed by atoms with van der Waals surface area (Å²) in [4.78, 5) is 18.6. The van der Waals surface area contributed by atoms with E-state index < -0.39 is 0 Å². The van der Waals surface area contributed by atoms with Crippen molar-refractivity contribution in [3.05, 3.63) is 28.2 Å². The van der Waals surface area contributed by atoms with Gasteiger partial charge in [-0.1, -0.05) is 41.9 Å². The third kappa shape index (κ3) is 4.05. The number of aliphatic imine (C=N–C) groups is 1. The number of thioether (sulfide) groups is 1. The van der Waals surface area contributed by atoms with Gasteiger partial charge in [0.25, 0.3) is 0 Å². The van der Waals surface area contributed by atoms with Crippen molar-refractivity contribution in [1.29, 1.82) is 0 Å². The summed E-state index contributed by atoms with van der Waals surface area (Å²) in [5.41, 5.74) is 0.608. The first-order chi connectivity index (χ1) is 9.88. The first-order valence-electron chi connectivity index (χ1n) is 6.65. The highest BCUT2D eigenvalue weighted by atomic mass is 35.5. The van der Waals surface area contributed by atoms with E-state index in [0.29, 0.717) is 21.0 Å². The molecule has 0 spiro atoms. The van der Waals surface area contributed by atoms with Gasteiger partial charge in [-0.3, -0.25) is 9.89 Å². The molecule has 1 aliphatic heterocycles. The lowest BCUT2D eigenvalue weighted by atomic mass is 10.3. The van der Waals surface area contributed by atoms with Crippen molar-refractivity contribution in [2.45, 2.75) is 32.1 Å². The second-order valence-corrected chi connectivity index (χ2v) is 7.29. The molecular weight excluding hydrogens is 329 g/mol. The molecule has 0 saturated carbocycles. The lowest BCUT2D eigenvalue weighted by molar-refractivity contribution is 0.227. The van der Waals surface area contributed by atoms with Crippen LogP contribution in [0.5, 0.6) is 0 Å². The summed E-state index contributed by atoms with van der Waals surface area (Å²) < 4.78 is 0. The standard InChI is InChI=1S/C14H17Cl2N3OS/c1-8(2)19(14-17-7-9(3)21-14)13(20)18-10-4-5-11(15)12(16)6-10/h4-6,8-9H,7H2,1-3H3,(H,18,20)/t9-/m1/s1. The minimum absolute atomic E-state index is 0.0179. The molecule has 4 nitrogen and oxygen atoms in total. The van der Waals surface area contributed by atoms with E-state index in [4.69, 9.17) is 23.2 Å². The Balaban J connectivity index is 2.14. The van der Waals surface area contributed by atoms with Gasteiger partial charge in [0.15, 0.2) is 5.17 Å². The van der Waals surface area contributed by atoms with Crippen LogP contribution in [0.1, 0.15) is 20.8 Å². The van der Waals surface area contributed by atoms with Crippen molar-refractivity contribution >= 4 is 51.8 Å². The lowest BCUT2D eigenvalue weighted by Gasteiger charge is -2.26. The minimum Gasteiger partial charge on any atom is -0.307 e. The molecule has 0 aromatic heterocycles. The Kier molecular flexibility index (Phi) is 5.41. The topological polar surface area (TPSA) is 44.7 Å². The molecule has 7 heteroatoms. The average Bonchev–Trinajstić information content (AvgIpc) is 2.80. The van der Waals surface area contributed by atoms with Gasteiger partial charge in [0, 0.05) is 17.0 Å². The molecular formula is C14H17Cl2N3OS. The highest BCUT2D eigenvalue weighted by molar-refractivity contribution is 8.14. The number of benzene rings is 1. The second-order valence-electron chi connectivity index (χ2n) is 5.07. The van der Waals surface area contributed by atoms with Crippen LogP contribution in [0.2, 0.25) is 10.0 Å². The van der Waals surface area contributed by atoms with Gasteiger partial charge in [-0.05, 0) is 32.0 Å². The summed E-state index contributed by atoms with van der Waals surface area (Å²) >= 11 is 13.4. The molecule has 0 radical (unpaired) electrons. The Hall–Kier alpha value is -0.910. The van der Waals surface area contributed by atoms with Gasteiger partial charge in [-0.2, -0.15) is 0 Å². The van der Waals surface area contributed by atoms with Crippen molar-refractivity contribution < 1.29 is 4.79 Å². The third-order valence-corrected chi connectivity index (χ3v) is 4.73. The van der Waals surface area contributed by atoms with Gasteiger partial charge in [0.05, 0.1) is 16.6 Å². The van der Waals surface area contributed by atoms with Gasteiger partial charge in [0.2, 0.25) is 0 Å². The fraction of sp³-hybridized carbons (Fsp3) is 0.429. The van der Waals surface area contributed by atoms with Crippen molar-refractivity contribution in [3.63, 3.8) is 0 Å². The van der Waals surface area contributed by atoms with E-state index in [0.717, 1.165) is 11.7 Å². The van der Waals surface area contributed by atoms with Gasteiger partial charge in [-0.25, -0.2) is 4.79 Å². The molecule has 21 heavy (non-hydrogen) atoms. The van der Waals surface area contributed by atoms with Gasteiger partial charge in [-0.15, -0.1) is 0 Å². The van der Waals surface area contributed by atoms with E-state index in [9.17, 15) is 4.79 Å². The number of nitrogens with zero attached hydrogens (tertiary/aromatic N) is 2. The number of carbonyl (C=O) groups is 1. The third-order valence-electron chi connectivity index (χ3n) is 2.90. The summed E-state index contributed by atoms with van der Waals surface area (Å²) in [5, 5.41) is 4.86. The molecule has 1 aromatic carbocycles. The van der Waals surface area contributed by atoms with E-state index in [1.54, 1.807) is 34.9 Å². The predicted octanol–water partition coefficient (Wildman–Crippen LogP) is 4.73. The highest BCUT2D eigenvalue weighted by Gasteiger charge is 2.28. The van der Waals surface area contributed by atoms with Crippen LogP contribution in [-0.2, 0) is 0 Å². The molecule has 2 amide bonds. The van der Waals surface area contributed by atoms with Gasteiger partial charge >= 0.3 is 6.03 Å². The minimum atomic E-state index is -0.219. The molecule has 0 saturated heterocycles. The molecule has 0 unspecified atom stereocenters. The summed E-state index contributed by atoms with van der Waals surface area (Å²) in [6.07, 6.45) is 0. The Labute approximate surface area is 138 Å². The molecule has 1 aromatic rings. The van der Waals surface area contributed by atoms with Crippen LogP contribution < -0.4 is 5.32 Å². The molecule has 0 bridgehead atoms. The molecule has 0 fully saturated rings. The van der Waals surface area contributed by atoms with Crippen LogP contribution in [0, 0.1) is 0 Å². The van der Waals surface area contributed by atoms with E-state index in [-0.39, 0.29) is 12.1 Å². The van der Waals surface area contributed by atoms with Crippen LogP contribution in [0.4, 0.5) is 10.5 Å². The van der Waals surface area contributed by atoms with E-state index in [2.05, 4.69) is 17.2 Å². The van der Waals surface area contributed by atoms with Crippen LogP contribution in [0.3, 0.4) is 0 Å². The number of carbonyl (C=O) groups excluding carboxylic acids is 1. The number of hydrogen-bond acceptors (Lipinski definition) is 3. The van der Waals surface area contributed by atoms with Crippen molar-refractivity contribution in [2.75, 3.05) is 11.9 Å². The fourth-order valence-electron chi connectivity index (χ4n) is 1.89. The number of nitrogens with one attached hydrogen (secondary N) is 1. The van der Waals surface area contributed by atoms with E-state index in [1.165, 1.54) is 0 Å². The molecule has 1 N–H and O–H groups in total. The molecule has 1 heterocycles. The number of halogens is 2. The van der Waals surface area contributed by atoms with Crippen LogP contribution >= 0.6 is 35.0 Å². The zero-order chi connectivity index (χ0) is 15.6. The van der Waals surface area contributed by atoms with Crippen LogP contribution in [-0.4, -0.2) is 33.9 Å². The van der Waals surface area contributed by atoms with Crippen LogP contribution in [0.25, 0.3) is 0 Å². The largest absolute Gasteiger partial charge is 0.328 e. The summed E-state index contributed by atoms with van der Waals surface area (Å²) in [6.45, 7) is 6.75. The van der Waals surface area contributed by atoms with E-state index in [1.807, 2.05) is 13.8 Å². The molecule has 0 aliphatic carbocycles. The Bertz CT molecular complexity index is 577. The van der Waals surface area contributed by atoms with E-state index >= 15 is 0 Å². The molecule has 1 aliphatic rings. The summed E-state index contributed by atoms with van der Waals surface area (Å²) in [5.74, 6) is 0. The highest BCUT2D eigenvalue weighted by Crippen LogP contribution is 2.27. The maximum absolute atomic E-state index is 12.5. The average molecular weight is 346 g/mol. The number of rotatable bonds is 2. The Morgan fingerprint density at radius 3 is 2.67 bits per heavy atom. The normalized spacial score (nSPS) is 17.8. The van der Waals surface area contributed by atoms with Crippen molar-refractivity contribution in [3.8, 4) is 0 Å². The maximum atomic E-state index is 12.5. The van der Waals surface area contributed by atoms with Gasteiger partial charge < -0.3 is 5.32 Å². The zero-order valence-corrected chi connectivity index (χ0v) is 14.4. The zero-order valence-electron chi connectivity index (χ0n) is 12.1. The quantitative estimate of drug-likeness (QED) is 0.842. The van der Waals surface area contributed by atoms with Crippen LogP contribution in [0.15, 0.2) is 23.2 Å². The Morgan fingerprint density at radius 2 is 2.14 bits per heavy atom. The number of hydrogen-bond donors (Lipinski definition) is 1.